The highest BCUT2D eigenvalue weighted by atomic mass is 15.1. The van der Waals surface area contributed by atoms with E-state index in [1.54, 1.807) is 0 Å². The van der Waals surface area contributed by atoms with Gasteiger partial charge in [-0.05, 0) is 31.5 Å². The van der Waals surface area contributed by atoms with Gasteiger partial charge in [-0.1, -0.05) is 31.0 Å². The molecule has 0 aromatic heterocycles. The molecule has 1 N–H and O–H groups in total. The third kappa shape index (κ3) is 3.80. The van der Waals surface area contributed by atoms with Crippen LogP contribution in [0.3, 0.4) is 0 Å². The molecule has 0 saturated carbocycles. The van der Waals surface area contributed by atoms with Gasteiger partial charge in [-0.25, -0.2) is 0 Å². The predicted octanol–water partition coefficient (Wildman–Crippen LogP) is 2.82. The monoisotopic (exact) mass is 230 g/mol. The van der Waals surface area contributed by atoms with Gasteiger partial charge in [-0.2, -0.15) is 0 Å². The summed E-state index contributed by atoms with van der Waals surface area (Å²) in [5, 5.41) is 3.51. The third-order valence-electron chi connectivity index (χ3n) is 2.84. The molecule has 1 aromatic carbocycles. The van der Waals surface area contributed by atoms with Crippen LogP contribution >= 0.6 is 0 Å². The zero-order valence-corrected chi connectivity index (χ0v) is 11.0. The van der Waals surface area contributed by atoms with E-state index in [-0.39, 0.29) is 0 Å². The van der Waals surface area contributed by atoms with Crippen LogP contribution in [0.4, 0.5) is 5.69 Å². The van der Waals surface area contributed by atoms with Crippen LogP contribution in [-0.2, 0) is 0 Å². The van der Waals surface area contributed by atoms with Crippen LogP contribution in [-0.4, -0.2) is 20.1 Å². The molecular formula is C15H22N2. The van der Waals surface area contributed by atoms with Gasteiger partial charge < -0.3 is 10.2 Å². The number of terminal acetylenes is 1. The van der Waals surface area contributed by atoms with E-state index in [0.717, 1.165) is 13.0 Å². The summed E-state index contributed by atoms with van der Waals surface area (Å²) >= 11 is 0. The molecule has 0 amide bonds. The lowest BCUT2D eigenvalue weighted by Crippen LogP contribution is -2.24. The second-order valence-electron chi connectivity index (χ2n) is 4.29. The van der Waals surface area contributed by atoms with Gasteiger partial charge in [-0.15, -0.1) is 6.42 Å². The summed E-state index contributed by atoms with van der Waals surface area (Å²) in [6.07, 6.45) is 6.51. The lowest BCUT2D eigenvalue weighted by molar-refractivity contribution is 0.570. The normalized spacial score (nSPS) is 11.9. The summed E-state index contributed by atoms with van der Waals surface area (Å²) in [6.45, 7) is 6.04. The number of hydrogen-bond acceptors (Lipinski definition) is 2. The van der Waals surface area contributed by atoms with Crippen LogP contribution in [0, 0.1) is 12.3 Å². The van der Waals surface area contributed by atoms with E-state index in [9.17, 15) is 0 Å². The van der Waals surface area contributed by atoms with Crippen molar-refractivity contribution in [2.24, 2.45) is 0 Å². The lowest BCUT2D eigenvalue weighted by Gasteiger charge is -2.24. The Balaban J connectivity index is 2.87. The Labute approximate surface area is 105 Å². The molecule has 2 heteroatoms. The SMILES string of the molecule is C#CCN(C)c1ccccc1C(C)NCCC. The summed E-state index contributed by atoms with van der Waals surface area (Å²) in [5.74, 6) is 2.68. The fourth-order valence-electron chi connectivity index (χ4n) is 1.89. The van der Waals surface area contributed by atoms with Crippen LogP contribution in [0.1, 0.15) is 31.9 Å². The average molecular weight is 230 g/mol. The molecule has 0 aliphatic heterocycles. The number of nitrogens with one attached hydrogen (secondary N) is 1. The van der Waals surface area contributed by atoms with Crippen molar-refractivity contribution in [3.63, 3.8) is 0 Å². The molecule has 17 heavy (non-hydrogen) atoms. The maximum absolute atomic E-state index is 5.37. The number of anilines is 1. The molecule has 0 saturated heterocycles. The van der Waals surface area contributed by atoms with Crippen molar-refractivity contribution < 1.29 is 0 Å². The minimum Gasteiger partial charge on any atom is -0.363 e. The molecule has 1 unspecified atom stereocenters. The molecule has 1 atom stereocenters. The van der Waals surface area contributed by atoms with Gasteiger partial charge in [0.05, 0.1) is 6.54 Å². The lowest BCUT2D eigenvalue weighted by atomic mass is 10.1. The molecule has 0 spiro atoms. The number of benzene rings is 1. The predicted molar refractivity (Wildman–Crippen MR) is 75.3 cm³/mol. The first kappa shape index (κ1) is 13.6. The standard InChI is InChI=1S/C15H22N2/c1-5-11-16-13(3)14-9-7-8-10-15(14)17(4)12-6-2/h2,7-10,13,16H,5,11-12H2,1,3-4H3. The van der Waals surface area contributed by atoms with Gasteiger partial charge >= 0.3 is 0 Å². The summed E-state index contributed by atoms with van der Waals surface area (Å²) in [5.41, 5.74) is 2.51. The van der Waals surface area contributed by atoms with Crippen molar-refractivity contribution in [3.05, 3.63) is 29.8 Å². The molecule has 0 bridgehead atoms. The van der Waals surface area contributed by atoms with Gasteiger partial charge in [-0.3, -0.25) is 0 Å². The highest BCUT2D eigenvalue weighted by molar-refractivity contribution is 5.55. The molecule has 1 rings (SSSR count). The van der Waals surface area contributed by atoms with Crippen molar-refractivity contribution in [1.29, 1.82) is 0 Å². The Bertz CT molecular complexity index is 379. The number of hydrogen-bond donors (Lipinski definition) is 1. The molecule has 0 heterocycles. The molecule has 0 fully saturated rings. The highest BCUT2D eigenvalue weighted by Crippen LogP contribution is 2.25. The molecule has 2 nitrogen and oxygen atoms in total. The van der Waals surface area contributed by atoms with E-state index in [1.807, 2.05) is 7.05 Å². The van der Waals surface area contributed by atoms with Crippen LogP contribution in [0.2, 0.25) is 0 Å². The van der Waals surface area contributed by atoms with Gasteiger partial charge in [0.25, 0.3) is 0 Å². The summed E-state index contributed by atoms with van der Waals surface area (Å²) in [6, 6.07) is 8.77. The fourth-order valence-corrected chi connectivity index (χ4v) is 1.89. The van der Waals surface area contributed by atoms with Crippen LogP contribution in [0.5, 0.6) is 0 Å². The number of rotatable bonds is 6. The van der Waals surface area contributed by atoms with E-state index >= 15 is 0 Å². The van der Waals surface area contributed by atoms with Gasteiger partial charge in [0.1, 0.15) is 0 Å². The minimum atomic E-state index is 0.353. The highest BCUT2D eigenvalue weighted by Gasteiger charge is 2.11. The van der Waals surface area contributed by atoms with Crippen LogP contribution < -0.4 is 10.2 Å². The van der Waals surface area contributed by atoms with E-state index in [2.05, 4.69) is 54.3 Å². The maximum atomic E-state index is 5.37. The number of para-hydroxylation sites is 1. The summed E-state index contributed by atoms with van der Waals surface area (Å²) in [4.78, 5) is 2.11. The Morgan fingerprint density at radius 3 is 2.76 bits per heavy atom. The first-order valence-corrected chi connectivity index (χ1v) is 6.17. The minimum absolute atomic E-state index is 0.353. The van der Waals surface area contributed by atoms with Crippen molar-refractivity contribution in [3.8, 4) is 12.3 Å². The average Bonchev–Trinajstić information content (AvgIpc) is 2.36. The van der Waals surface area contributed by atoms with Gasteiger partial charge in [0.2, 0.25) is 0 Å². The van der Waals surface area contributed by atoms with E-state index < -0.39 is 0 Å². The summed E-state index contributed by atoms with van der Waals surface area (Å²) < 4.78 is 0. The van der Waals surface area contributed by atoms with E-state index in [0.29, 0.717) is 12.6 Å². The Kier molecular flexibility index (Phi) is 5.59. The molecule has 1 aromatic rings. The van der Waals surface area contributed by atoms with Crippen molar-refractivity contribution in [2.45, 2.75) is 26.3 Å². The first-order valence-electron chi connectivity index (χ1n) is 6.17. The second-order valence-corrected chi connectivity index (χ2v) is 4.29. The molecule has 0 aliphatic rings. The van der Waals surface area contributed by atoms with Crippen molar-refractivity contribution in [1.82, 2.24) is 5.32 Å². The third-order valence-corrected chi connectivity index (χ3v) is 2.84. The topological polar surface area (TPSA) is 15.3 Å². The quantitative estimate of drug-likeness (QED) is 0.756. The molecule has 0 radical (unpaired) electrons. The van der Waals surface area contributed by atoms with Crippen molar-refractivity contribution >= 4 is 5.69 Å². The van der Waals surface area contributed by atoms with E-state index in [1.165, 1.54) is 11.3 Å². The number of nitrogens with zero attached hydrogens (tertiary/aromatic N) is 1. The Morgan fingerprint density at radius 1 is 1.41 bits per heavy atom. The zero-order chi connectivity index (χ0) is 12.7. The van der Waals surface area contributed by atoms with Crippen LogP contribution in [0.15, 0.2) is 24.3 Å². The Morgan fingerprint density at radius 2 is 2.12 bits per heavy atom. The molecular weight excluding hydrogens is 208 g/mol. The van der Waals surface area contributed by atoms with E-state index in [4.69, 9.17) is 6.42 Å². The molecule has 92 valence electrons. The van der Waals surface area contributed by atoms with Gasteiger partial charge in [0.15, 0.2) is 0 Å². The first-order chi connectivity index (χ1) is 8.20. The second kappa shape index (κ2) is 6.98. The van der Waals surface area contributed by atoms with Gasteiger partial charge in [0, 0.05) is 18.8 Å². The van der Waals surface area contributed by atoms with Crippen LogP contribution in [0.25, 0.3) is 0 Å². The summed E-state index contributed by atoms with van der Waals surface area (Å²) in [7, 11) is 2.03. The fraction of sp³-hybridized carbons (Fsp3) is 0.467. The maximum Gasteiger partial charge on any atom is 0.0788 e. The zero-order valence-electron chi connectivity index (χ0n) is 11.0. The molecule has 0 aliphatic carbocycles. The Hall–Kier alpha value is -1.46. The smallest absolute Gasteiger partial charge is 0.0788 e. The largest absolute Gasteiger partial charge is 0.363 e. The van der Waals surface area contributed by atoms with Crippen molar-refractivity contribution in [2.75, 3.05) is 25.0 Å².